The highest BCUT2D eigenvalue weighted by molar-refractivity contribution is 6.46. The monoisotopic (exact) mass is 463 g/mol. The first-order valence-electron chi connectivity index (χ1n) is 11.7. The van der Waals surface area contributed by atoms with Crippen LogP contribution in [0.1, 0.15) is 56.3 Å². The molecule has 1 atom stereocenters. The zero-order valence-electron chi connectivity index (χ0n) is 20.3. The molecule has 0 spiro atoms. The number of aryl methyl sites for hydroxylation is 1. The molecule has 1 heterocycles. The van der Waals surface area contributed by atoms with E-state index >= 15 is 0 Å². The Hall–Kier alpha value is -3.54. The molecule has 34 heavy (non-hydrogen) atoms. The van der Waals surface area contributed by atoms with Crippen LogP contribution >= 0.6 is 0 Å². The van der Waals surface area contributed by atoms with E-state index < -0.39 is 17.7 Å². The number of carbonyl (C=O) groups is 2. The van der Waals surface area contributed by atoms with Crippen LogP contribution in [0.4, 0.5) is 0 Å². The van der Waals surface area contributed by atoms with Gasteiger partial charge in [-0.05, 0) is 68.7 Å². The van der Waals surface area contributed by atoms with Gasteiger partial charge in [0.1, 0.15) is 23.9 Å². The van der Waals surface area contributed by atoms with Gasteiger partial charge in [0, 0.05) is 12.1 Å². The third-order valence-corrected chi connectivity index (χ3v) is 5.65. The number of unbranched alkanes of at least 4 members (excludes halogenated alkanes) is 1. The van der Waals surface area contributed by atoms with Crippen LogP contribution < -0.4 is 9.47 Å². The smallest absolute Gasteiger partial charge is 0.295 e. The van der Waals surface area contributed by atoms with Crippen molar-refractivity contribution < 1.29 is 24.2 Å². The lowest BCUT2D eigenvalue weighted by Gasteiger charge is -2.25. The maximum atomic E-state index is 13.2. The molecule has 3 rings (SSSR count). The number of benzene rings is 2. The van der Waals surface area contributed by atoms with E-state index in [1.165, 1.54) is 0 Å². The summed E-state index contributed by atoms with van der Waals surface area (Å²) < 4.78 is 11.5. The van der Waals surface area contributed by atoms with Crippen LogP contribution in [-0.2, 0) is 9.59 Å². The summed E-state index contributed by atoms with van der Waals surface area (Å²) in [6.07, 6.45) is 3.28. The van der Waals surface area contributed by atoms with Gasteiger partial charge < -0.3 is 19.5 Å². The Balaban J connectivity index is 2.11. The van der Waals surface area contributed by atoms with Gasteiger partial charge >= 0.3 is 0 Å². The summed E-state index contributed by atoms with van der Waals surface area (Å²) in [5.41, 5.74) is 2.08. The van der Waals surface area contributed by atoms with E-state index in [2.05, 4.69) is 6.58 Å². The minimum absolute atomic E-state index is 0.0117. The molecular formula is C28H33NO5. The molecule has 1 aliphatic heterocycles. The fourth-order valence-electron chi connectivity index (χ4n) is 4.05. The van der Waals surface area contributed by atoms with Crippen LogP contribution in [0.5, 0.6) is 11.5 Å². The number of rotatable bonds is 10. The minimum atomic E-state index is -0.703. The van der Waals surface area contributed by atoms with E-state index in [1.54, 1.807) is 35.2 Å². The van der Waals surface area contributed by atoms with Crippen LogP contribution in [0, 0.1) is 6.92 Å². The van der Waals surface area contributed by atoms with Crippen molar-refractivity contribution in [3.8, 4) is 11.5 Å². The number of hydrogen-bond donors (Lipinski definition) is 1. The molecular weight excluding hydrogens is 430 g/mol. The first kappa shape index (κ1) is 25.1. The molecule has 1 unspecified atom stereocenters. The van der Waals surface area contributed by atoms with E-state index in [0.29, 0.717) is 35.8 Å². The molecule has 1 N–H and O–H groups in total. The van der Waals surface area contributed by atoms with Gasteiger partial charge in [-0.3, -0.25) is 9.59 Å². The first-order chi connectivity index (χ1) is 16.3. The van der Waals surface area contributed by atoms with Gasteiger partial charge in [0.05, 0.1) is 17.7 Å². The molecule has 0 bridgehead atoms. The predicted molar refractivity (Wildman–Crippen MR) is 133 cm³/mol. The normalized spacial score (nSPS) is 17.3. The number of carbonyl (C=O) groups excluding carboxylic acids is 2. The van der Waals surface area contributed by atoms with Crippen molar-refractivity contribution in [2.24, 2.45) is 0 Å². The van der Waals surface area contributed by atoms with Crippen LogP contribution in [0.3, 0.4) is 0 Å². The van der Waals surface area contributed by atoms with Gasteiger partial charge in [0.2, 0.25) is 0 Å². The van der Waals surface area contributed by atoms with E-state index in [9.17, 15) is 14.7 Å². The molecule has 2 aromatic carbocycles. The Morgan fingerprint density at radius 3 is 2.62 bits per heavy atom. The lowest BCUT2D eigenvalue weighted by atomic mass is 9.94. The Morgan fingerprint density at radius 1 is 1.21 bits per heavy atom. The van der Waals surface area contributed by atoms with E-state index in [1.807, 2.05) is 45.9 Å². The Labute approximate surface area is 201 Å². The Morgan fingerprint density at radius 2 is 1.97 bits per heavy atom. The van der Waals surface area contributed by atoms with Crippen molar-refractivity contribution in [2.45, 2.75) is 52.7 Å². The number of ketones is 1. The maximum Gasteiger partial charge on any atom is 0.295 e. The second kappa shape index (κ2) is 11.1. The molecule has 0 radical (unpaired) electrons. The predicted octanol–water partition coefficient (Wildman–Crippen LogP) is 5.57. The molecule has 0 aliphatic carbocycles. The summed E-state index contributed by atoms with van der Waals surface area (Å²) in [6, 6.07) is 11.8. The number of ether oxygens (including phenoxy) is 2. The largest absolute Gasteiger partial charge is 0.507 e. The highest BCUT2D eigenvalue weighted by atomic mass is 16.5. The lowest BCUT2D eigenvalue weighted by molar-refractivity contribution is -0.139. The van der Waals surface area contributed by atoms with E-state index in [-0.39, 0.29) is 17.4 Å². The molecule has 1 aliphatic rings. The van der Waals surface area contributed by atoms with Crippen molar-refractivity contribution >= 4 is 17.4 Å². The second-order valence-corrected chi connectivity index (χ2v) is 8.67. The zero-order chi connectivity index (χ0) is 24.8. The molecule has 2 aromatic rings. The summed E-state index contributed by atoms with van der Waals surface area (Å²) in [7, 11) is 0. The standard InChI is InChI=1S/C28H33NO5/c1-6-8-14-29-25(20-10-9-11-22(17-20)33-15-7-2)24(27(31)28(29)32)26(30)21-12-13-23(19(5)16-21)34-18(3)4/h7,9-13,16-18,25,30H,2,6,8,14-15H2,1,3-5H3/b26-24+. The van der Waals surface area contributed by atoms with Gasteiger partial charge in [-0.2, -0.15) is 0 Å². The number of nitrogens with zero attached hydrogens (tertiary/aromatic N) is 1. The molecule has 6 heteroatoms. The maximum absolute atomic E-state index is 13.2. The highest BCUT2D eigenvalue weighted by Crippen LogP contribution is 2.40. The summed E-state index contributed by atoms with van der Waals surface area (Å²) >= 11 is 0. The Kier molecular flexibility index (Phi) is 8.16. The number of likely N-dealkylation sites (tertiary alicyclic amines) is 1. The molecule has 0 aromatic heterocycles. The van der Waals surface area contributed by atoms with Crippen molar-refractivity contribution in [3.63, 3.8) is 0 Å². The van der Waals surface area contributed by atoms with Crippen LogP contribution in [0.2, 0.25) is 0 Å². The van der Waals surface area contributed by atoms with Gasteiger partial charge in [-0.15, -0.1) is 0 Å². The summed E-state index contributed by atoms with van der Waals surface area (Å²) in [4.78, 5) is 27.7. The molecule has 1 saturated heterocycles. The fraction of sp³-hybridized carbons (Fsp3) is 0.357. The third-order valence-electron chi connectivity index (χ3n) is 5.65. The zero-order valence-corrected chi connectivity index (χ0v) is 20.3. The quantitative estimate of drug-likeness (QED) is 0.216. The van der Waals surface area contributed by atoms with Gasteiger partial charge in [0.25, 0.3) is 11.7 Å². The highest BCUT2D eigenvalue weighted by Gasteiger charge is 2.45. The molecule has 6 nitrogen and oxygen atoms in total. The molecule has 0 saturated carbocycles. The molecule has 180 valence electrons. The van der Waals surface area contributed by atoms with Crippen molar-refractivity contribution in [1.82, 2.24) is 4.90 Å². The van der Waals surface area contributed by atoms with Crippen LogP contribution in [-0.4, -0.2) is 41.0 Å². The fourth-order valence-corrected chi connectivity index (χ4v) is 4.05. The lowest BCUT2D eigenvalue weighted by Crippen LogP contribution is -2.30. The average molecular weight is 464 g/mol. The first-order valence-corrected chi connectivity index (χ1v) is 11.7. The van der Waals surface area contributed by atoms with Gasteiger partial charge in [0.15, 0.2) is 0 Å². The van der Waals surface area contributed by atoms with Crippen LogP contribution in [0.25, 0.3) is 5.76 Å². The topological polar surface area (TPSA) is 76.1 Å². The van der Waals surface area contributed by atoms with E-state index in [4.69, 9.17) is 9.47 Å². The molecule has 1 amide bonds. The molecule has 1 fully saturated rings. The number of Topliss-reactive ketones (excluding diaryl/α,β-unsaturated/α-hetero) is 1. The van der Waals surface area contributed by atoms with Crippen LogP contribution in [0.15, 0.2) is 60.7 Å². The van der Waals surface area contributed by atoms with Gasteiger partial charge in [-0.25, -0.2) is 0 Å². The van der Waals surface area contributed by atoms with Gasteiger partial charge in [-0.1, -0.05) is 38.1 Å². The minimum Gasteiger partial charge on any atom is -0.507 e. The van der Waals surface area contributed by atoms with Crippen molar-refractivity contribution in [3.05, 3.63) is 77.4 Å². The second-order valence-electron chi connectivity index (χ2n) is 8.67. The number of hydrogen-bond acceptors (Lipinski definition) is 5. The number of aliphatic hydroxyl groups excluding tert-OH is 1. The summed E-state index contributed by atoms with van der Waals surface area (Å²) in [6.45, 7) is 12.2. The average Bonchev–Trinajstić information content (AvgIpc) is 3.07. The SMILES string of the molecule is C=CCOc1cccc(C2/C(=C(\O)c3ccc(OC(C)C)c(C)c3)C(=O)C(=O)N2CCCC)c1. The number of aliphatic hydroxyl groups is 1. The summed E-state index contributed by atoms with van der Waals surface area (Å²) in [5.74, 6) is -0.174. The number of amides is 1. The van der Waals surface area contributed by atoms with Crippen molar-refractivity contribution in [2.75, 3.05) is 13.2 Å². The van der Waals surface area contributed by atoms with Crippen molar-refractivity contribution in [1.29, 1.82) is 0 Å². The van der Waals surface area contributed by atoms with E-state index in [0.717, 1.165) is 18.4 Å². The third kappa shape index (κ3) is 5.33. The summed E-state index contributed by atoms with van der Waals surface area (Å²) in [5, 5.41) is 11.3. The Bertz CT molecular complexity index is 1100.